The molecule has 0 saturated carbocycles. The highest BCUT2D eigenvalue weighted by atomic mass is 15.5. The number of benzene rings is 1. The lowest BCUT2D eigenvalue weighted by atomic mass is 10.3. The van der Waals surface area contributed by atoms with E-state index < -0.39 is 0 Å². The first-order chi connectivity index (χ1) is 8.36. The van der Waals surface area contributed by atoms with Crippen molar-refractivity contribution >= 4 is 0 Å². The molecule has 0 radical (unpaired) electrons. The molecule has 2 aromatic heterocycles. The second-order valence-corrected chi connectivity index (χ2v) is 3.77. The first kappa shape index (κ1) is 9.77. The fourth-order valence-corrected chi connectivity index (χ4v) is 1.90. The van der Waals surface area contributed by atoms with Crippen LogP contribution in [0.1, 0.15) is 5.69 Å². The van der Waals surface area contributed by atoms with E-state index >= 15 is 0 Å². The van der Waals surface area contributed by atoms with Crippen molar-refractivity contribution in [3.05, 3.63) is 48.2 Å². The number of H-pyrrole nitrogens is 1. The number of hydrogen-bond acceptors (Lipinski definition) is 3. The van der Waals surface area contributed by atoms with E-state index in [0.717, 1.165) is 17.1 Å². The maximum atomic E-state index is 4.02. The van der Waals surface area contributed by atoms with Crippen LogP contribution >= 0.6 is 0 Å². The topological polar surface area (TPSA) is 59.4 Å². The summed E-state index contributed by atoms with van der Waals surface area (Å²) in [5.74, 6) is 0.599. The van der Waals surface area contributed by atoms with Gasteiger partial charge in [0.2, 0.25) is 5.82 Å². The van der Waals surface area contributed by atoms with Crippen molar-refractivity contribution in [2.24, 2.45) is 0 Å². The fourth-order valence-electron chi connectivity index (χ4n) is 1.90. The van der Waals surface area contributed by atoms with Crippen molar-refractivity contribution in [1.82, 2.24) is 25.2 Å². The van der Waals surface area contributed by atoms with Gasteiger partial charge in [-0.05, 0) is 36.4 Å². The molecule has 2 heterocycles. The van der Waals surface area contributed by atoms with E-state index in [9.17, 15) is 0 Å². The Balaban J connectivity index is 2.20. The molecule has 0 aliphatic rings. The van der Waals surface area contributed by atoms with Crippen molar-refractivity contribution in [3.8, 4) is 17.2 Å². The first-order valence-corrected chi connectivity index (χ1v) is 5.34. The van der Waals surface area contributed by atoms with Crippen LogP contribution in [0.5, 0.6) is 0 Å². The highest BCUT2D eigenvalue weighted by molar-refractivity contribution is 5.56. The molecule has 0 spiro atoms. The number of rotatable bonds is 2. The van der Waals surface area contributed by atoms with Gasteiger partial charge in [-0.25, -0.2) is 0 Å². The number of tetrazole rings is 1. The molecule has 3 aromatic rings. The second-order valence-electron chi connectivity index (χ2n) is 3.77. The number of aryl methyl sites for hydroxylation is 1. The first-order valence-electron chi connectivity index (χ1n) is 5.34. The SMILES string of the molecule is Cc1ccc(-c2nn[nH]n2)n1-c1ccccc1. The molecule has 0 atom stereocenters. The molecule has 1 N–H and O–H groups in total. The number of aromatic nitrogens is 5. The predicted octanol–water partition coefficient (Wildman–Crippen LogP) is 1.97. The number of para-hydroxylation sites is 1. The Morgan fingerprint density at radius 2 is 1.88 bits per heavy atom. The highest BCUT2D eigenvalue weighted by Crippen LogP contribution is 2.22. The fraction of sp³-hybridized carbons (Fsp3) is 0.0833. The summed E-state index contributed by atoms with van der Waals surface area (Å²) in [6.07, 6.45) is 0. The maximum Gasteiger partial charge on any atom is 0.221 e. The van der Waals surface area contributed by atoms with Crippen LogP contribution in [-0.2, 0) is 0 Å². The van der Waals surface area contributed by atoms with Gasteiger partial charge in [0.25, 0.3) is 0 Å². The maximum absolute atomic E-state index is 4.02. The summed E-state index contributed by atoms with van der Waals surface area (Å²) in [6, 6.07) is 14.2. The lowest BCUT2D eigenvalue weighted by Crippen LogP contribution is -1.99. The average molecular weight is 225 g/mol. The zero-order valence-electron chi connectivity index (χ0n) is 9.33. The van der Waals surface area contributed by atoms with Gasteiger partial charge in [0, 0.05) is 11.4 Å². The van der Waals surface area contributed by atoms with Crippen molar-refractivity contribution in [2.45, 2.75) is 6.92 Å². The largest absolute Gasteiger partial charge is 0.311 e. The Morgan fingerprint density at radius 3 is 2.59 bits per heavy atom. The summed E-state index contributed by atoms with van der Waals surface area (Å²) < 4.78 is 2.10. The quantitative estimate of drug-likeness (QED) is 0.725. The van der Waals surface area contributed by atoms with E-state index in [2.05, 4.69) is 44.2 Å². The lowest BCUT2D eigenvalue weighted by molar-refractivity contribution is 0.881. The van der Waals surface area contributed by atoms with Gasteiger partial charge in [-0.15, -0.1) is 10.2 Å². The molecule has 0 aliphatic carbocycles. The van der Waals surface area contributed by atoms with Gasteiger partial charge in [-0.1, -0.05) is 18.2 Å². The lowest BCUT2D eigenvalue weighted by Gasteiger charge is -2.09. The monoisotopic (exact) mass is 225 g/mol. The van der Waals surface area contributed by atoms with E-state index in [1.165, 1.54) is 0 Å². The van der Waals surface area contributed by atoms with Crippen LogP contribution in [0.3, 0.4) is 0 Å². The van der Waals surface area contributed by atoms with Crippen LogP contribution in [0.4, 0.5) is 0 Å². The van der Waals surface area contributed by atoms with E-state index in [0.29, 0.717) is 5.82 Å². The molecule has 0 bridgehead atoms. The molecule has 3 rings (SSSR count). The minimum atomic E-state index is 0.599. The van der Waals surface area contributed by atoms with Gasteiger partial charge in [0.15, 0.2) is 0 Å². The van der Waals surface area contributed by atoms with Crippen LogP contribution in [0.2, 0.25) is 0 Å². The number of nitrogens with one attached hydrogen (secondary N) is 1. The minimum Gasteiger partial charge on any atom is -0.311 e. The van der Waals surface area contributed by atoms with Crippen molar-refractivity contribution in [3.63, 3.8) is 0 Å². The summed E-state index contributed by atoms with van der Waals surface area (Å²) in [7, 11) is 0. The van der Waals surface area contributed by atoms with E-state index in [4.69, 9.17) is 0 Å². The summed E-state index contributed by atoms with van der Waals surface area (Å²) in [6.45, 7) is 2.05. The van der Waals surface area contributed by atoms with Crippen LogP contribution in [0, 0.1) is 6.92 Å². The van der Waals surface area contributed by atoms with E-state index in [1.54, 1.807) is 0 Å². The third-order valence-corrected chi connectivity index (χ3v) is 2.66. The van der Waals surface area contributed by atoms with E-state index in [-0.39, 0.29) is 0 Å². The van der Waals surface area contributed by atoms with Gasteiger partial charge in [-0.3, -0.25) is 0 Å². The summed E-state index contributed by atoms with van der Waals surface area (Å²) in [4.78, 5) is 0. The molecule has 17 heavy (non-hydrogen) atoms. The van der Waals surface area contributed by atoms with Gasteiger partial charge >= 0.3 is 0 Å². The smallest absolute Gasteiger partial charge is 0.221 e. The van der Waals surface area contributed by atoms with Gasteiger partial charge in [0.1, 0.15) is 0 Å². The zero-order valence-corrected chi connectivity index (χ0v) is 9.33. The van der Waals surface area contributed by atoms with Crippen molar-refractivity contribution in [1.29, 1.82) is 0 Å². The molecule has 5 heteroatoms. The summed E-state index contributed by atoms with van der Waals surface area (Å²) >= 11 is 0. The molecule has 0 aliphatic heterocycles. The van der Waals surface area contributed by atoms with Crippen LogP contribution in [0.25, 0.3) is 17.2 Å². The Kier molecular flexibility index (Phi) is 2.22. The van der Waals surface area contributed by atoms with E-state index in [1.807, 2.05) is 30.3 Å². The summed E-state index contributed by atoms with van der Waals surface area (Å²) in [5.41, 5.74) is 3.16. The van der Waals surface area contributed by atoms with Crippen LogP contribution in [-0.4, -0.2) is 25.2 Å². The minimum absolute atomic E-state index is 0.599. The Labute approximate surface area is 98.1 Å². The van der Waals surface area contributed by atoms with Crippen LogP contribution < -0.4 is 0 Å². The third-order valence-electron chi connectivity index (χ3n) is 2.66. The molecular weight excluding hydrogens is 214 g/mol. The second kappa shape index (κ2) is 3.86. The number of hydrogen-bond donors (Lipinski definition) is 1. The predicted molar refractivity (Wildman–Crippen MR) is 63.7 cm³/mol. The average Bonchev–Trinajstić information content (AvgIpc) is 2.98. The summed E-state index contributed by atoms with van der Waals surface area (Å²) in [5, 5.41) is 14.1. The standard InChI is InChI=1S/C12H11N5/c1-9-7-8-11(12-13-15-16-14-12)17(9)10-5-3-2-4-6-10/h2-8H,1H3,(H,13,14,15,16). The van der Waals surface area contributed by atoms with Gasteiger partial charge < -0.3 is 4.57 Å². The normalized spacial score (nSPS) is 10.6. The van der Waals surface area contributed by atoms with Crippen molar-refractivity contribution < 1.29 is 0 Å². The third kappa shape index (κ3) is 1.61. The van der Waals surface area contributed by atoms with Gasteiger partial charge in [-0.2, -0.15) is 5.21 Å². The van der Waals surface area contributed by atoms with Gasteiger partial charge in [0.05, 0.1) is 5.69 Å². The molecule has 0 unspecified atom stereocenters. The molecule has 0 amide bonds. The molecule has 0 fully saturated rings. The molecule has 84 valence electrons. The number of nitrogens with zero attached hydrogens (tertiary/aromatic N) is 4. The zero-order chi connectivity index (χ0) is 11.7. The molecular formula is C12H11N5. The molecule has 1 aromatic carbocycles. The highest BCUT2D eigenvalue weighted by Gasteiger charge is 2.12. The number of aromatic amines is 1. The molecule has 0 saturated heterocycles. The Hall–Kier alpha value is -2.43. The van der Waals surface area contributed by atoms with Crippen molar-refractivity contribution in [2.75, 3.05) is 0 Å². The Morgan fingerprint density at radius 1 is 1.06 bits per heavy atom. The Bertz CT molecular complexity index is 610. The molecule has 5 nitrogen and oxygen atoms in total. The van der Waals surface area contributed by atoms with Crippen LogP contribution in [0.15, 0.2) is 42.5 Å².